The van der Waals surface area contributed by atoms with Crippen LogP contribution in [0.3, 0.4) is 0 Å². The van der Waals surface area contributed by atoms with Crippen molar-refractivity contribution in [3.8, 4) is 0 Å². The number of aryl methyl sites for hydroxylation is 1. The van der Waals surface area contributed by atoms with Crippen LogP contribution in [0.2, 0.25) is 0 Å². The fraction of sp³-hybridized carbons (Fsp3) is 0.381. The summed E-state index contributed by atoms with van der Waals surface area (Å²) in [5.74, 6) is 0.702. The van der Waals surface area contributed by atoms with Gasteiger partial charge in [-0.3, -0.25) is 4.57 Å². The Hall–Kier alpha value is -2.93. The number of hydrogen-bond donors (Lipinski definition) is 1. The van der Waals surface area contributed by atoms with Crippen LogP contribution in [0, 0.1) is 0 Å². The maximum atomic E-state index is 11.8. The standard InChI is InChI=1S/C21H26N6O/c1-25(2)17-8-10-27(11-9-17)18-6-4-16(5-7-18)24-20-12-19-15(13-22-20)14-23-21(28)26(19)3/h4-7,12-14,17H,8-11H2,1-3H3,(H,22,24). The first-order valence-corrected chi connectivity index (χ1v) is 9.61. The molecule has 4 rings (SSSR count). The van der Waals surface area contributed by atoms with Crippen molar-refractivity contribution in [2.24, 2.45) is 7.05 Å². The van der Waals surface area contributed by atoms with Crippen molar-refractivity contribution >= 4 is 28.1 Å². The summed E-state index contributed by atoms with van der Waals surface area (Å²) in [7, 11) is 6.04. The van der Waals surface area contributed by atoms with Gasteiger partial charge in [-0.25, -0.2) is 14.8 Å². The number of rotatable bonds is 4. The number of aromatic nitrogens is 3. The van der Waals surface area contributed by atoms with Gasteiger partial charge in [0.05, 0.1) is 5.52 Å². The van der Waals surface area contributed by atoms with Gasteiger partial charge in [0.1, 0.15) is 5.82 Å². The van der Waals surface area contributed by atoms with Gasteiger partial charge in [0.25, 0.3) is 0 Å². The Kier molecular flexibility index (Phi) is 5.00. The van der Waals surface area contributed by atoms with Gasteiger partial charge in [0.2, 0.25) is 0 Å². The zero-order chi connectivity index (χ0) is 19.7. The second-order valence-corrected chi connectivity index (χ2v) is 7.58. The highest BCUT2D eigenvalue weighted by molar-refractivity contribution is 5.80. The number of piperidine rings is 1. The third kappa shape index (κ3) is 3.71. The number of benzene rings is 1. The Bertz CT molecular complexity index is 1020. The zero-order valence-electron chi connectivity index (χ0n) is 16.6. The first kappa shape index (κ1) is 18.4. The molecule has 0 aliphatic carbocycles. The minimum atomic E-state index is -0.271. The van der Waals surface area contributed by atoms with Gasteiger partial charge in [0.15, 0.2) is 0 Å². The molecule has 0 saturated carbocycles. The molecule has 0 atom stereocenters. The lowest BCUT2D eigenvalue weighted by Crippen LogP contribution is -2.41. The van der Waals surface area contributed by atoms with Crippen LogP contribution in [-0.4, -0.2) is 52.7 Å². The summed E-state index contributed by atoms with van der Waals surface area (Å²) in [4.78, 5) is 24.8. The summed E-state index contributed by atoms with van der Waals surface area (Å²) in [5, 5.41) is 4.16. The maximum absolute atomic E-state index is 11.8. The molecule has 7 nitrogen and oxygen atoms in total. The Morgan fingerprint density at radius 3 is 2.43 bits per heavy atom. The van der Waals surface area contributed by atoms with Crippen molar-refractivity contribution in [3.05, 3.63) is 53.2 Å². The topological polar surface area (TPSA) is 66.3 Å². The maximum Gasteiger partial charge on any atom is 0.347 e. The van der Waals surface area contributed by atoms with E-state index in [1.807, 2.05) is 6.07 Å². The molecule has 3 heterocycles. The molecule has 2 aromatic heterocycles. The van der Waals surface area contributed by atoms with Crippen molar-refractivity contribution in [3.63, 3.8) is 0 Å². The molecule has 1 aliphatic heterocycles. The monoisotopic (exact) mass is 378 g/mol. The average Bonchev–Trinajstić information content (AvgIpc) is 2.72. The zero-order valence-corrected chi connectivity index (χ0v) is 16.6. The van der Waals surface area contributed by atoms with Crippen LogP contribution in [0.25, 0.3) is 10.9 Å². The second-order valence-electron chi connectivity index (χ2n) is 7.58. The minimum absolute atomic E-state index is 0.271. The fourth-order valence-corrected chi connectivity index (χ4v) is 3.77. The molecule has 1 fully saturated rings. The fourth-order valence-electron chi connectivity index (χ4n) is 3.77. The van der Waals surface area contributed by atoms with Gasteiger partial charge in [-0.1, -0.05) is 0 Å². The molecule has 1 N–H and O–H groups in total. The molecular weight excluding hydrogens is 352 g/mol. The summed E-state index contributed by atoms with van der Waals surface area (Å²) in [6.45, 7) is 2.17. The third-order valence-electron chi connectivity index (χ3n) is 5.57. The molecule has 0 unspecified atom stereocenters. The SMILES string of the molecule is CN(C)C1CCN(c2ccc(Nc3cc4c(cn3)cnc(=O)n4C)cc2)CC1. The van der Waals surface area contributed by atoms with E-state index in [1.165, 1.54) is 23.1 Å². The number of nitrogens with zero attached hydrogens (tertiary/aromatic N) is 5. The largest absolute Gasteiger partial charge is 0.371 e. The predicted octanol–water partition coefficient (Wildman–Crippen LogP) is 2.60. The summed E-state index contributed by atoms with van der Waals surface area (Å²) in [6.07, 6.45) is 5.68. The van der Waals surface area contributed by atoms with E-state index in [1.54, 1.807) is 19.4 Å². The molecular formula is C21H26N6O. The normalized spacial score (nSPS) is 15.4. The highest BCUT2D eigenvalue weighted by Gasteiger charge is 2.20. The highest BCUT2D eigenvalue weighted by Crippen LogP contribution is 2.25. The highest BCUT2D eigenvalue weighted by atomic mass is 16.1. The van der Waals surface area contributed by atoms with Crippen molar-refractivity contribution in [1.29, 1.82) is 0 Å². The van der Waals surface area contributed by atoms with Gasteiger partial charge in [-0.15, -0.1) is 0 Å². The smallest absolute Gasteiger partial charge is 0.347 e. The van der Waals surface area contributed by atoms with Crippen LogP contribution in [-0.2, 0) is 7.05 Å². The number of hydrogen-bond acceptors (Lipinski definition) is 6. The molecule has 0 bridgehead atoms. The van der Waals surface area contributed by atoms with E-state index in [4.69, 9.17) is 0 Å². The van der Waals surface area contributed by atoms with Crippen molar-refractivity contribution < 1.29 is 0 Å². The van der Waals surface area contributed by atoms with Gasteiger partial charge in [-0.05, 0) is 51.2 Å². The lowest BCUT2D eigenvalue weighted by atomic mass is 10.0. The Morgan fingerprint density at radius 2 is 1.75 bits per heavy atom. The van der Waals surface area contributed by atoms with Gasteiger partial charge in [-0.2, -0.15) is 0 Å². The quantitative estimate of drug-likeness (QED) is 0.753. The van der Waals surface area contributed by atoms with Gasteiger partial charge in [0, 0.05) is 61.4 Å². The van der Waals surface area contributed by atoms with Crippen LogP contribution in [0.4, 0.5) is 17.2 Å². The average molecular weight is 378 g/mol. The third-order valence-corrected chi connectivity index (χ3v) is 5.57. The van der Waals surface area contributed by atoms with Crippen molar-refractivity contribution in [2.45, 2.75) is 18.9 Å². The number of anilines is 3. The summed E-state index contributed by atoms with van der Waals surface area (Å²) in [5.41, 5.74) is 2.76. The van der Waals surface area contributed by atoms with E-state index >= 15 is 0 Å². The number of fused-ring (bicyclic) bond motifs is 1. The van der Waals surface area contributed by atoms with Crippen molar-refractivity contribution in [1.82, 2.24) is 19.4 Å². The summed E-state index contributed by atoms with van der Waals surface area (Å²) in [6, 6.07) is 11.0. The summed E-state index contributed by atoms with van der Waals surface area (Å²) < 4.78 is 1.53. The Balaban J connectivity index is 1.47. The first-order valence-electron chi connectivity index (χ1n) is 9.61. The van der Waals surface area contributed by atoms with E-state index in [-0.39, 0.29) is 5.69 Å². The Labute approximate surface area is 164 Å². The van der Waals surface area contributed by atoms with E-state index in [0.717, 1.165) is 29.7 Å². The van der Waals surface area contributed by atoms with E-state index < -0.39 is 0 Å². The lowest BCUT2D eigenvalue weighted by Gasteiger charge is -2.36. The molecule has 146 valence electrons. The van der Waals surface area contributed by atoms with Crippen LogP contribution in [0.15, 0.2) is 47.5 Å². The van der Waals surface area contributed by atoms with Crippen LogP contribution >= 0.6 is 0 Å². The molecule has 1 saturated heterocycles. The second kappa shape index (κ2) is 7.59. The molecule has 1 aliphatic rings. The number of nitrogens with one attached hydrogen (secondary N) is 1. The lowest BCUT2D eigenvalue weighted by molar-refractivity contribution is 0.249. The first-order chi connectivity index (χ1) is 13.5. The molecule has 3 aromatic rings. The summed E-state index contributed by atoms with van der Waals surface area (Å²) >= 11 is 0. The molecule has 0 spiro atoms. The van der Waals surface area contributed by atoms with Crippen LogP contribution in [0.5, 0.6) is 0 Å². The van der Waals surface area contributed by atoms with Gasteiger partial charge < -0.3 is 15.1 Å². The van der Waals surface area contributed by atoms with Crippen molar-refractivity contribution in [2.75, 3.05) is 37.4 Å². The molecule has 1 aromatic carbocycles. The van der Waals surface area contributed by atoms with Crippen LogP contribution in [0.1, 0.15) is 12.8 Å². The minimum Gasteiger partial charge on any atom is -0.371 e. The van der Waals surface area contributed by atoms with Crippen LogP contribution < -0.4 is 15.9 Å². The van der Waals surface area contributed by atoms with E-state index in [9.17, 15) is 4.79 Å². The Morgan fingerprint density at radius 1 is 1.07 bits per heavy atom. The predicted molar refractivity (Wildman–Crippen MR) is 113 cm³/mol. The molecule has 28 heavy (non-hydrogen) atoms. The van der Waals surface area contributed by atoms with E-state index in [2.05, 4.69) is 63.4 Å². The molecule has 0 amide bonds. The van der Waals surface area contributed by atoms with Gasteiger partial charge >= 0.3 is 5.69 Å². The number of pyridine rings is 1. The molecule has 7 heteroatoms. The molecule has 0 radical (unpaired) electrons. The van der Waals surface area contributed by atoms with E-state index in [0.29, 0.717) is 11.9 Å².